The molecule has 0 atom stereocenters. The fourth-order valence-electron chi connectivity index (χ4n) is 1.98. The number of nitrogens with two attached hydrogens (primary N) is 1. The first-order chi connectivity index (χ1) is 8.54. The second kappa shape index (κ2) is 4.53. The quantitative estimate of drug-likeness (QED) is 0.884. The van der Waals surface area contributed by atoms with E-state index in [1.807, 2.05) is 18.4 Å². The Morgan fingerprint density at radius 2 is 2.11 bits per heavy atom. The maximum atomic E-state index is 9.04. The molecule has 0 bridgehead atoms. The van der Waals surface area contributed by atoms with Crippen molar-refractivity contribution in [2.45, 2.75) is 33.7 Å². The Balaban J connectivity index is 2.23. The molecule has 0 unspecified atom stereocenters. The van der Waals surface area contributed by atoms with Crippen molar-refractivity contribution in [1.29, 1.82) is 5.26 Å². The van der Waals surface area contributed by atoms with Gasteiger partial charge in [-0.05, 0) is 19.4 Å². The second-order valence-corrected chi connectivity index (χ2v) is 4.21. The molecule has 2 heterocycles. The van der Waals surface area contributed by atoms with Crippen LogP contribution >= 0.6 is 0 Å². The second-order valence-electron chi connectivity index (χ2n) is 4.21. The van der Waals surface area contributed by atoms with Gasteiger partial charge in [0.25, 0.3) is 0 Å². The molecule has 0 spiro atoms. The van der Waals surface area contributed by atoms with Crippen molar-refractivity contribution in [2.75, 3.05) is 5.73 Å². The van der Waals surface area contributed by atoms with Crippen LogP contribution in [0.25, 0.3) is 0 Å². The van der Waals surface area contributed by atoms with E-state index in [-0.39, 0.29) is 0 Å². The normalized spacial score (nSPS) is 10.6. The highest BCUT2D eigenvalue weighted by atomic mass is 16.5. The Morgan fingerprint density at radius 3 is 2.61 bits per heavy atom. The summed E-state index contributed by atoms with van der Waals surface area (Å²) < 4.78 is 6.83. The van der Waals surface area contributed by atoms with Crippen molar-refractivity contribution in [2.24, 2.45) is 0 Å². The molecule has 2 N–H and O–H groups in total. The third kappa shape index (κ3) is 1.95. The number of aromatic nitrogens is 3. The molecule has 6 heteroatoms. The van der Waals surface area contributed by atoms with Gasteiger partial charge >= 0.3 is 0 Å². The number of nitrogen functional groups attached to an aromatic ring is 1. The van der Waals surface area contributed by atoms with E-state index in [1.165, 1.54) is 0 Å². The molecule has 0 radical (unpaired) electrons. The lowest BCUT2D eigenvalue weighted by Gasteiger charge is -2.06. The first-order valence-electron chi connectivity index (χ1n) is 5.69. The zero-order valence-corrected chi connectivity index (χ0v) is 10.7. The summed E-state index contributed by atoms with van der Waals surface area (Å²) in [7, 11) is 0. The van der Waals surface area contributed by atoms with E-state index < -0.39 is 0 Å². The predicted molar refractivity (Wildman–Crippen MR) is 65.8 cm³/mol. The van der Waals surface area contributed by atoms with Crippen LogP contribution in [0.5, 0.6) is 0 Å². The average Bonchev–Trinajstić information content (AvgIpc) is 2.83. The summed E-state index contributed by atoms with van der Waals surface area (Å²) in [5.41, 5.74) is 8.45. The summed E-state index contributed by atoms with van der Waals surface area (Å²) in [4.78, 5) is 4.14. The molecule has 94 valence electrons. The van der Waals surface area contributed by atoms with Crippen molar-refractivity contribution in [1.82, 2.24) is 14.7 Å². The molecule has 0 saturated heterocycles. The van der Waals surface area contributed by atoms with E-state index in [1.54, 1.807) is 6.92 Å². The van der Waals surface area contributed by atoms with Crippen LogP contribution in [0.4, 0.5) is 5.82 Å². The van der Waals surface area contributed by atoms with E-state index >= 15 is 0 Å². The van der Waals surface area contributed by atoms with E-state index in [4.69, 9.17) is 15.5 Å². The molecule has 2 aromatic heterocycles. The summed E-state index contributed by atoms with van der Waals surface area (Å²) in [6.07, 6.45) is 0.626. The van der Waals surface area contributed by atoms with Gasteiger partial charge in [-0.25, -0.2) is 0 Å². The highest BCUT2D eigenvalue weighted by Gasteiger charge is 2.15. The van der Waals surface area contributed by atoms with Gasteiger partial charge in [-0.15, -0.1) is 0 Å². The van der Waals surface area contributed by atoms with Gasteiger partial charge in [0.1, 0.15) is 11.9 Å². The Kier molecular flexibility index (Phi) is 3.06. The highest BCUT2D eigenvalue weighted by Crippen LogP contribution is 2.23. The van der Waals surface area contributed by atoms with Crippen LogP contribution < -0.4 is 5.73 Å². The minimum atomic E-state index is 0.507. The number of nitrogens with zero attached hydrogens (tertiary/aromatic N) is 4. The number of hydrogen-bond acceptors (Lipinski definition) is 5. The lowest BCUT2D eigenvalue weighted by molar-refractivity contribution is 0.386. The number of rotatable bonds is 3. The van der Waals surface area contributed by atoms with Gasteiger partial charge in [-0.3, -0.25) is 0 Å². The first-order valence-corrected chi connectivity index (χ1v) is 5.69. The molecule has 0 aliphatic carbocycles. The maximum Gasteiger partial charge on any atom is 0.223 e. The topological polar surface area (TPSA) is 93.7 Å². The van der Waals surface area contributed by atoms with Gasteiger partial charge in [-0.1, -0.05) is 5.16 Å². The fraction of sp³-hybridized carbons (Fsp3) is 0.417. The standard InChI is InChI=1S/C12H15N5O/c1-7-8(2)17(12(14)10(7)6-13)5-4-11-15-9(3)18-16-11/h4-5,14H2,1-3H3. The van der Waals surface area contributed by atoms with E-state index in [0.717, 1.165) is 11.3 Å². The van der Waals surface area contributed by atoms with Crippen LogP contribution in [0.3, 0.4) is 0 Å². The van der Waals surface area contributed by atoms with Crippen molar-refractivity contribution in [3.63, 3.8) is 0 Å². The molecular weight excluding hydrogens is 230 g/mol. The number of nitriles is 1. The summed E-state index contributed by atoms with van der Waals surface area (Å²) in [6.45, 7) is 6.25. The molecule has 18 heavy (non-hydrogen) atoms. The minimum absolute atomic E-state index is 0.507. The van der Waals surface area contributed by atoms with Crippen molar-refractivity contribution >= 4 is 5.82 Å². The zero-order chi connectivity index (χ0) is 13.3. The molecule has 0 aromatic carbocycles. The van der Waals surface area contributed by atoms with Crippen molar-refractivity contribution in [3.05, 3.63) is 28.5 Å². The Hall–Kier alpha value is -2.29. The molecule has 0 aliphatic heterocycles. The van der Waals surface area contributed by atoms with Crippen molar-refractivity contribution < 1.29 is 4.52 Å². The lowest BCUT2D eigenvalue weighted by atomic mass is 10.2. The third-order valence-corrected chi connectivity index (χ3v) is 3.11. The molecule has 6 nitrogen and oxygen atoms in total. The van der Waals surface area contributed by atoms with Crippen LogP contribution in [-0.4, -0.2) is 14.7 Å². The summed E-state index contributed by atoms with van der Waals surface area (Å²) >= 11 is 0. The lowest BCUT2D eigenvalue weighted by Crippen LogP contribution is -2.08. The smallest absolute Gasteiger partial charge is 0.223 e. The third-order valence-electron chi connectivity index (χ3n) is 3.11. The fourth-order valence-corrected chi connectivity index (χ4v) is 1.98. The van der Waals surface area contributed by atoms with Crippen LogP contribution in [0.15, 0.2) is 4.52 Å². The molecule has 0 amide bonds. The maximum absolute atomic E-state index is 9.04. The number of anilines is 1. The molecular formula is C12H15N5O. The van der Waals surface area contributed by atoms with Gasteiger partial charge in [0.05, 0.1) is 5.56 Å². The van der Waals surface area contributed by atoms with E-state index in [2.05, 4.69) is 16.2 Å². The summed E-state index contributed by atoms with van der Waals surface area (Å²) in [5, 5.41) is 12.9. The molecule has 0 saturated carbocycles. The Labute approximate surface area is 105 Å². The Bertz CT molecular complexity index is 617. The summed E-state index contributed by atoms with van der Waals surface area (Å²) in [5.74, 6) is 1.71. The molecule has 2 aromatic rings. The minimum Gasteiger partial charge on any atom is -0.384 e. The zero-order valence-electron chi connectivity index (χ0n) is 10.7. The first kappa shape index (κ1) is 12.2. The van der Waals surface area contributed by atoms with Crippen LogP contribution in [0, 0.1) is 32.1 Å². The predicted octanol–water partition coefficient (Wildman–Crippen LogP) is 1.49. The monoisotopic (exact) mass is 245 g/mol. The Morgan fingerprint density at radius 1 is 1.39 bits per heavy atom. The average molecular weight is 245 g/mol. The van der Waals surface area contributed by atoms with Gasteiger partial charge in [0.2, 0.25) is 5.89 Å². The molecule has 0 aliphatic rings. The van der Waals surface area contributed by atoms with E-state index in [9.17, 15) is 0 Å². The molecule has 0 fully saturated rings. The summed E-state index contributed by atoms with van der Waals surface area (Å²) in [6, 6.07) is 2.13. The van der Waals surface area contributed by atoms with E-state index in [0.29, 0.717) is 36.1 Å². The number of hydrogen-bond donors (Lipinski definition) is 1. The van der Waals surface area contributed by atoms with Gasteiger partial charge in [0.15, 0.2) is 5.82 Å². The largest absolute Gasteiger partial charge is 0.384 e. The van der Waals surface area contributed by atoms with Gasteiger partial charge < -0.3 is 14.8 Å². The van der Waals surface area contributed by atoms with Crippen molar-refractivity contribution in [3.8, 4) is 6.07 Å². The van der Waals surface area contributed by atoms with Gasteiger partial charge in [-0.2, -0.15) is 10.2 Å². The van der Waals surface area contributed by atoms with Crippen LogP contribution in [0.2, 0.25) is 0 Å². The molecule has 2 rings (SSSR count). The van der Waals surface area contributed by atoms with Crippen LogP contribution in [0.1, 0.15) is 28.5 Å². The SMILES string of the molecule is Cc1nc(CCn2c(C)c(C)c(C#N)c2N)no1. The number of aryl methyl sites for hydroxylation is 2. The van der Waals surface area contributed by atoms with Gasteiger partial charge in [0, 0.05) is 25.6 Å². The highest BCUT2D eigenvalue weighted by molar-refractivity contribution is 5.57. The van der Waals surface area contributed by atoms with Crippen LogP contribution in [-0.2, 0) is 13.0 Å².